The summed E-state index contributed by atoms with van der Waals surface area (Å²) in [6, 6.07) is 42.7. The van der Waals surface area contributed by atoms with E-state index in [1.807, 2.05) is 0 Å². The standard InChI is InChI=1S/C47H45.2ClH.Zr/c1-31-16-14-21-37(32(31)2)39-22-15-23-41(39)45-42-29-35-28-36(24-25-38(35)40(42)26-27-44(45)46(3,4)5)47(6,7)30-43(33-17-10-8-11-18-33)34-19-12-9-13-20-34;;;/h8-30,41H,1-7H3;2*1H;/q-1;;;+3/p-2. The van der Waals surface area contributed by atoms with Gasteiger partial charge in [-0.3, -0.25) is 0 Å². The maximum Gasteiger partial charge on any atom is 3.00 e. The van der Waals surface area contributed by atoms with Crippen molar-refractivity contribution in [3.05, 3.63) is 184 Å². The Hall–Kier alpha value is -3.35. The molecule has 0 bridgehead atoms. The molecular formula is C47H45Cl2Zr. The first kappa shape index (κ1) is 39.4. The van der Waals surface area contributed by atoms with Crippen LogP contribution >= 0.6 is 0 Å². The largest absolute Gasteiger partial charge is 3.00 e. The molecule has 1 radical (unpaired) electrons. The molecule has 0 saturated heterocycles. The SMILES string of the molecule is Cc1cccc(C2=CC=CC2c2c(C(C)(C)C)ccc3c2[cH-]c2cc(C(C)(C)C=C(c4ccccc4)c4ccccc4)ccc23)c1C.[Cl-].[Cl-].[Zr+3]. The molecule has 6 aromatic rings. The van der Waals surface area contributed by atoms with Gasteiger partial charge in [0.15, 0.2) is 0 Å². The fourth-order valence-corrected chi connectivity index (χ4v) is 7.56. The van der Waals surface area contributed by atoms with Crippen molar-refractivity contribution in [2.45, 2.75) is 65.2 Å². The van der Waals surface area contributed by atoms with Gasteiger partial charge >= 0.3 is 26.2 Å². The van der Waals surface area contributed by atoms with Crippen molar-refractivity contribution in [3.63, 3.8) is 0 Å². The van der Waals surface area contributed by atoms with Crippen molar-refractivity contribution in [1.82, 2.24) is 0 Å². The van der Waals surface area contributed by atoms with Crippen LogP contribution < -0.4 is 24.8 Å². The van der Waals surface area contributed by atoms with Gasteiger partial charge in [0.2, 0.25) is 0 Å². The first-order valence-corrected chi connectivity index (χ1v) is 17.0. The minimum atomic E-state index is -0.190. The zero-order valence-corrected chi connectivity index (χ0v) is 34.1. The Bertz CT molecular complexity index is 2170. The van der Waals surface area contributed by atoms with E-state index >= 15 is 0 Å². The zero-order valence-electron chi connectivity index (χ0n) is 30.1. The van der Waals surface area contributed by atoms with Crippen LogP contribution in [0.4, 0.5) is 0 Å². The second-order valence-corrected chi connectivity index (χ2v) is 14.9. The minimum Gasteiger partial charge on any atom is -1.00 e. The third-order valence-corrected chi connectivity index (χ3v) is 10.3. The van der Waals surface area contributed by atoms with E-state index < -0.39 is 0 Å². The van der Waals surface area contributed by atoms with Gasteiger partial charge in [-0.2, -0.15) is 0 Å². The Labute approximate surface area is 330 Å². The predicted octanol–water partition coefficient (Wildman–Crippen LogP) is 6.78. The van der Waals surface area contributed by atoms with Crippen molar-refractivity contribution in [2.75, 3.05) is 0 Å². The Balaban J connectivity index is 0.00000187. The van der Waals surface area contributed by atoms with Gasteiger partial charge in [0, 0.05) is 11.3 Å². The van der Waals surface area contributed by atoms with E-state index in [4.69, 9.17) is 0 Å². The Morgan fingerprint density at radius 2 is 1.32 bits per heavy atom. The predicted molar refractivity (Wildman–Crippen MR) is 205 cm³/mol. The topological polar surface area (TPSA) is 0 Å². The van der Waals surface area contributed by atoms with Crippen molar-refractivity contribution in [3.8, 4) is 0 Å². The van der Waals surface area contributed by atoms with Crippen LogP contribution in [-0.2, 0) is 37.0 Å². The van der Waals surface area contributed by atoms with E-state index in [1.54, 1.807) is 0 Å². The molecular weight excluding hydrogens is 727 g/mol. The third-order valence-electron chi connectivity index (χ3n) is 10.3. The molecule has 251 valence electrons. The van der Waals surface area contributed by atoms with Crippen LogP contribution in [0.3, 0.4) is 0 Å². The second kappa shape index (κ2) is 15.5. The van der Waals surface area contributed by atoms with Gasteiger partial charge in [0.1, 0.15) is 0 Å². The molecule has 1 unspecified atom stereocenters. The monoisotopic (exact) mass is 769 g/mol. The number of rotatable bonds is 6. The van der Waals surface area contributed by atoms with Gasteiger partial charge < -0.3 is 24.8 Å². The van der Waals surface area contributed by atoms with Crippen molar-refractivity contribution in [2.24, 2.45) is 0 Å². The number of benzene rings is 5. The van der Waals surface area contributed by atoms with Crippen molar-refractivity contribution < 1.29 is 51.0 Å². The normalized spacial score (nSPS) is 14.1. The van der Waals surface area contributed by atoms with Gasteiger partial charge in [0.05, 0.1) is 0 Å². The van der Waals surface area contributed by atoms with Crippen LogP contribution in [0.25, 0.3) is 32.7 Å². The minimum absolute atomic E-state index is 0. The summed E-state index contributed by atoms with van der Waals surface area (Å²) in [5.74, 6) is 0.211. The molecule has 0 amide bonds. The summed E-state index contributed by atoms with van der Waals surface area (Å²) in [6.07, 6.45) is 9.46. The van der Waals surface area contributed by atoms with Crippen LogP contribution in [0, 0.1) is 13.8 Å². The molecule has 0 fully saturated rings. The summed E-state index contributed by atoms with van der Waals surface area (Å²) in [5, 5.41) is 5.36. The van der Waals surface area contributed by atoms with Crippen molar-refractivity contribution >= 4 is 32.7 Å². The fourth-order valence-electron chi connectivity index (χ4n) is 7.56. The van der Waals surface area contributed by atoms with E-state index in [2.05, 4.69) is 188 Å². The smallest absolute Gasteiger partial charge is 1.00 e. The van der Waals surface area contributed by atoms with Crippen LogP contribution in [0.5, 0.6) is 0 Å². The first-order valence-electron chi connectivity index (χ1n) is 17.0. The van der Waals surface area contributed by atoms with E-state index in [0.717, 1.165) is 0 Å². The average molecular weight is 772 g/mol. The summed E-state index contributed by atoms with van der Waals surface area (Å²) in [5.41, 5.74) is 13.2. The zero-order chi connectivity index (χ0) is 32.9. The summed E-state index contributed by atoms with van der Waals surface area (Å²) >= 11 is 0. The van der Waals surface area contributed by atoms with Gasteiger partial charge in [-0.05, 0) is 58.2 Å². The summed E-state index contributed by atoms with van der Waals surface area (Å²) in [4.78, 5) is 0. The van der Waals surface area contributed by atoms with Crippen molar-refractivity contribution in [1.29, 1.82) is 0 Å². The van der Waals surface area contributed by atoms with Crippen LogP contribution in [-0.4, -0.2) is 0 Å². The number of halogens is 2. The van der Waals surface area contributed by atoms with Crippen LogP contribution in [0.1, 0.15) is 85.0 Å². The molecule has 0 aliphatic heterocycles. The Morgan fingerprint density at radius 3 is 1.94 bits per heavy atom. The Kier molecular flexibility index (Phi) is 12.2. The number of allylic oxidation sites excluding steroid dienone is 5. The fraction of sp³-hybridized carbons (Fsp3) is 0.213. The Morgan fingerprint density at radius 1 is 0.700 bits per heavy atom. The number of fused-ring (bicyclic) bond motifs is 3. The molecule has 0 nitrogen and oxygen atoms in total. The van der Waals surface area contributed by atoms with E-state index in [1.165, 1.54) is 77.2 Å². The molecule has 0 aromatic heterocycles. The van der Waals surface area contributed by atoms with Crippen LogP contribution in [0.2, 0.25) is 0 Å². The van der Waals surface area contributed by atoms with Crippen LogP contribution in [0.15, 0.2) is 140 Å². The maximum absolute atomic E-state index is 2.47. The summed E-state index contributed by atoms with van der Waals surface area (Å²) in [6.45, 7) is 16.2. The molecule has 3 heteroatoms. The quantitative estimate of drug-likeness (QED) is 0.164. The average Bonchev–Trinajstić information content (AvgIpc) is 3.69. The van der Waals surface area contributed by atoms with Gasteiger partial charge in [-0.15, -0.1) is 33.7 Å². The number of hydrogen-bond donors (Lipinski definition) is 0. The van der Waals surface area contributed by atoms with E-state index in [-0.39, 0.29) is 67.8 Å². The summed E-state index contributed by atoms with van der Waals surface area (Å²) in [7, 11) is 0. The third kappa shape index (κ3) is 7.34. The molecule has 50 heavy (non-hydrogen) atoms. The molecule has 6 aromatic carbocycles. The summed E-state index contributed by atoms with van der Waals surface area (Å²) < 4.78 is 0. The van der Waals surface area contributed by atoms with E-state index in [9.17, 15) is 0 Å². The molecule has 0 spiro atoms. The molecule has 1 aliphatic carbocycles. The first-order chi connectivity index (χ1) is 22.5. The van der Waals surface area contributed by atoms with Gasteiger partial charge in [-0.1, -0.05) is 179 Å². The molecule has 0 saturated carbocycles. The molecule has 1 aliphatic rings. The second-order valence-electron chi connectivity index (χ2n) is 14.9. The molecule has 7 rings (SSSR count). The molecule has 0 heterocycles. The van der Waals surface area contributed by atoms with Gasteiger partial charge in [0.25, 0.3) is 0 Å². The molecule has 0 N–H and O–H groups in total. The maximum atomic E-state index is 2.47. The number of aryl methyl sites for hydroxylation is 1. The molecule has 1 atom stereocenters. The van der Waals surface area contributed by atoms with E-state index in [0.29, 0.717) is 0 Å². The van der Waals surface area contributed by atoms with Gasteiger partial charge in [-0.25, -0.2) is 0 Å². The number of hydrogen-bond acceptors (Lipinski definition) is 0.